The number of nitrogens with one attached hydrogen (secondary N) is 1. The molecule has 0 aromatic rings. The summed E-state index contributed by atoms with van der Waals surface area (Å²) in [5, 5.41) is 3.71. The third kappa shape index (κ3) is 4.40. The average Bonchev–Trinajstić information content (AvgIpc) is 2.15. The highest BCUT2D eigenvalue weighted by atomic mass is 16.5. The summed E-state index contributed by atoms with van der Waals surface area (Å²) < 4.78 is 11.0. The molecule has 3 nitrogen and oxygen atoms in total. The molecule has 0 amide bonds. The summed E-state index contributed by atoms with van der Waals surface area (Å²) in [5.74, 6) is 0.605. The van der Waals surface area contributed by atoms with Crippen LogP contribution in [0.25, 0.3) is 0 Å². The largest absolute Gasteiger partial charge is 0.383 e. The molecule has 1 aliphatic rings. The molecule has 0 spiro atoms. The smallest absolute Gasteiger partial charge is 0.0618 e. The fourth-order valence-corrected chi connectivity index (χ4v) is 2.46. The van der Waals surface area contributed by atoms with Gasteiger partial charge in [0.1, 0.15) is 0 Å². The molecule has 3 heteroatoms. The zero-order valence-electron chi connectivity index (χ0n) is 11.3. The lowest BCUT2D eigenvalue weighted by Crippen LogP contribution is -2.49. The Morgan fingerprint density at radius 2 is 1.81 bits per heavy atom. The van der Waals surface area contributed by atoms with E-state index in [1.165, 1.54) is 0 Å². The van der Waals surface area contributed by atoms with E-state index in [9.17, 15) is 0 Å². The van der Waals surface area contributed by atoms with E-state index in [0.29, 0.717) is 30.2 Å². The van der Waals surface area contributed by atoms with E-state index in [0.717, 1.165) is 19.4 Å². The molecule has 0 radical (unpaired) electrons. The normalized spacial score (nSPS) is 33.0. The van der Waals surface area contributed by atoms with Gasteiger partial charge in [-0.05, 0) is 32.6 Å². The minimum atomic E-state index is 0.372. The Morgan fingerprint density at radius 1 is 1.25 bits per heavy atom. The van der Waals surface area contributed by atoms with Crippen LogP contribution < -0.4 is 5.32 Å². The number of methoxy groups -OCH3 is 1. The molecule has 1 fully saturated rings. The van der Waals surface area contributed by atoms with Gasteiger partial charge in [0.05, 0.1) is 18.8 Å². The molecule has 16 heavy (non-hydrogen) atoms. The monoisotopic (exact) mass is 229 g/mol. The molecule has 3 atom stereocenters. The first-order valence-electron chi connectivity index (χ1n) is 6.43. The Morgan fingerprint density at radius 3 is 2.25 bits per heavy atom. The van der Waals surface area contributed by atoms with Crippen LogP contribution in [0.3, 0.4) is 0 Å². The van der Waals surface area contributed by atoms with Gasteiger partial charge in [-0.15, -0.1) is 0 Å². The van der Waals surface area contributed by atoms with E-state index in [2.05, 4.69) is 33.0 Å². The molecule has 96 valence electrons. The van der Waals surface area contributed by atoms with Crippen LogP contribution in [0.15, 0.2) is 0 Å². The molecule has 3 unspecified atom stereocenters. The fourth-order valence-electron chi connectivity index (χ4n) is 2.46. The predicted molar refractivity (Wildman–Crippen MR) is 66.7 cm³/mol. The molecule has 1 heterocycles. The quantitative estimate of drug-likeness (QED) is 0.784. The van der Waals surface area contributed by atoms with Gasteiger partial charge in [-0.2, -0.15) is 0 Å². The van der Waals surface area contributed by atoms with Crippen molar-refractivity contribution in [3.8, 4) is 0 Å². The SMILES string of the molecule is COCC(NC1CC(C)OC(C)C1)C(C)C. The van der Waals surface area contributed by atoms with Crippen LogP contribution in [0.5, 0.6) is 0 Å². The van der Waals surface area contributed by atoms with Crippen molar-refractivity contribution >= 4 is 0 Å². The van der Waals surface area contributed by atoms with Crippen LogP contribution in [0.1, 0.15) is 40.5 Å². The van der Waals surface area contributed by atoms with Gasteiger partial charge in [-0.1, -0.05) is 13.8 Å². The van der Waals surface area contributed by atoms with Gasteiger partial charge in [0.2, 0.25) is 0 Å². The van der Waals surface area contributed by atoms with Crippen LogP contribution >= 0.6 is 0 Å². The topological polar surface area (TPSA) is 30.5 Å². The van der Waals surface area contributed by atoms with Crippen molar-refractivity contribution in [2.45, 2.75) is 64.8 Å². The Balaban J connectivity index is 2.43. The van der Waals surface area contributed by atoms with E-state index >= 15 is 0 Å². The summed E-state index contributed by atoms with van der Waals surface area (Å²) in [4.78, 5) is 0. The van der Waals surface area contributed by atoms with E-state index < -0.39 is 0 Å². The van der Waals surface area contributed by atoms with Crippen molar-refractivity contribution in [3.63, 3.8) is 0 Å². The Bertz CT molecular complexity index is 186. The molecule has 0 aliphatic carbocycles. The second kappa shape index (κ2) is 6.58. The second-order valence-corrected chi connectivity index (χ2v) is 5.40. The maximum Gasteiger partial charge on any atom is 0.0618 e. The van der Waals surface area contributed by atoms with Crippen molar-refractivity contribution in [3.05, 3.63) is 0 Å². The van der Waals surface area contributed by atoms with E-state index in [1.54, 1.807) is 7.11 Å². The van der Waals surface area contributed by atoms with Crippen molar-refractivity contribution in [2.24, 2.45) is 5.92 Å². The first-order valence-corrected chi connectivity index (χ1v) is 6.43. The molecule has 1 saturated heterocycles. The van der Waals surface area contributed by atoms with Gasteiger partial charge in [0, 0.05) is 19.2 Å². The summed E-state index contributed by atoms with van der Waals surface area (Å²) in [5.41, 5.74) is 0. The number of ether oxygens (including phenoxy) is 2. The lowest BCUT2D eigenvalue weighted by molar-refractivity contribution is -0.0458. The standard InChI is InChI=1S/C13H27NO2/c1-9(2)13(8-15-5)14-12-6-10(3)16-11(4)7-12/h9-14H,6-8H2,1-5H3. The van der Waals surface area contributed by atoms with Crippen molar-refractivity contribution in [1.29, 1.82) is 0 Å². The molecular weight excluding hydrogens is 202 g/mol. The van der Waals surface area contributed by atoms with Crippen molar-refractivity contribution in [1.82, 2.24) is 5.32 Å². The highest BCUT2D eigenvalue weighted by Gasteiger charge is 2.26. The summed E-state index contributed by atoms with van der Waals surface area (Å²) in [6.45, 7) is 9.58. The lowest BCUT2D eigenvalue weighted by Gasteiger charge is -2.36. The predicted octanol–water partition coefficient (Wildman–Crippen LogP) is 2.20. The van der Waals surface area contributed by atoms with E-state index in [4.69, 9.17) is 9.47 Å². The highest BCUT2D eigenvalue weighted by Crippen LogP contribution is 2.20. The van der Waals surface area contributed by atoms with Crippen molar-refractivity contribution < 1.29 is 9.47 Å². The van der Waals surface area contributed by atoms with Crippen LogP contribution in [0, 0.1) is 5.92 Å². The lowest BCUT2D eigenvalue weighted by atomic mass is 9.96. The molecular formula is C13H27NO2. The van der Waals surface area contributed by atoms with Gasteiger partial charge in [0.15, 0.2) is 0 Å². The van der Waals surface area contributed by atoms with Crippen LogP contribution in [-0.2, 0) is 9.47 Å². The summed E-state index contributed by atoms with van der Waals surface area (Å²) in [7, 11) is 1.77. The fraction of sp³-hybridized carbons (Fsp3) is 1.00. The van der Waals surface area contributed by atoms with Crippen LogP contribution in [-0.4, -0.2) is 38.0 Å². The molecule has 1 aliphatic heterocycles. The summed E-state index contributed by atoms with van der Waals surface area (Å²) in [6.07, 6.45) is 2.96. The summed E-state index contributed by atoms with van der Waals surface area (Å²) >= 11 is 0. The number of hydrogen-bond donors (Lipinski definition) is 1. The third-order valence-electron chi connectivity index (χ3n) is 3.30. The van der Waals surface area contributed by atoms with Gasteiger partial charge < -0.3 is 14.8 Å². The third-order valence-corrected chi connectivity index (χ3v) is 3.30. The Hall–Kier alpha value is -0.120. The first kappa shape index (κ1) is 13.9. The molecule has 0 bridgehead atoms. The van der Waals surface area contributed by atoms with Gasteiger partial charge >= 0.3 is 0 Å². The van der Waals surface area contributed by atoms with Crippen LogP contribution in [0.4, 0.5) is 0 Å². The van der Waals surface area contributed by atoms with Gasteiger partial charge in [0.25, 0.3) is 0 Å². The zero-order valence-corrected chi connectivity index (χ0v) is 11.3. The molecule has 0 saturated carbocycles. The van der Waals surface area contributed by atoms with Crippen molar-refractivity contribution in [2.75, 3.05) is 13.7 Å². The highest BCUT2D eigenvalue weighted by molar-refractivity contribution is 4.83. The van der Waals surface area contributed by atoms with Crippen LogP contribution in [0.2, 0.25) is 0 Å². The Kier molecular flexibility index (Phi) is 5.73. The minimum Gasteiger partial charge on any atom is -0.383 e. The molecule has 0 aromatic carbocycles. The maximum atomic E-state index is 5.75. The zero-order chi connectivity index (χ0) is 12.1. The van der Waals surface area contributed by atoms with E-state index in [1.807, 2.05) is 0 Å². The maximum absolute atomic E-state index is 5.75. The summed E-state index contributed by atoms with van der Waals surface area (Å²) in [6, 6.07) is 1.02. The first-order chi connectivity index (χ1) is 7.52. The second-order valence-electron chi connectivity index (χ2n) is 5.40. The minimum absolute atomic E-state index is 0.372. The number of hydrogen-bond acceptors (Lipinski definition) is 3. The average molecular weight is 229 g/mol. The van der Waals surface area contributed by atoms with E-state index in [-0.39, 0.29) is 0 Å². The number of rotatable bonds is 5. The Labute approximate surface area is 99.9 Å². The molecule has 0 aromatic heterocycles. The van der Waals surface area contributed by atoms with Gasteiger partial charge in [-0.3, -0.25) is 0 Å². The van der Waals surface area contributed by atoms with Gasteiger partial charge in [-0.25, -0.2) is 0 Å². The molecule has 1 N–H and O–H groups in total. The molecule has 1 rings (SSSR count).